The SMILES string of the molecule is CCOC(=O)C1CCN([C@@H](c2cc3c(C)ccc(C)c3[nH]c2=O)c2nnnn2Cc2ccc(F)cc2)CC1. The van der Waals surface area contributed by atoms with Crippen molar-refractivity contribution < 1.29 is 13.9 Å². The molecule has 1 N–H and O–H groups in total. The van der Waals surface area contributed by atoms with Gasteiger partial charge in [0.25, 0.3) is 5.56 Å². The van der Waals surface area contributed by atoms with Crippen molar-refractivity contribution in [3.8, 4) is 0 Å². The summed E-state index contributed by atoms with van der Waals surface area (Å²) in [6.07, 6.45) is 1.22. The van der Waals surface area contributed by atoms with Gasteiger partial charge in [-0.25, -0.2) is 9.07 Å². The van der Waals surface area contributed by atoms with Crippen molar-refractivity contribution in [1.29, 1.82) is 0 Å². The fraction of sp³-hybridized carbons (Fsp3) is 0.393. The summed E-state index contributed by atoms with van der Waals surface area (Å²) in [6, 6.07) is 11.6. The van der Waals surface area contributed by atoms with E-state index in [4.69, 9.17) is 4.74 Å². The average molecular weight is 519 g/mol. The number of ether oxygens (including phenoxy) is 1. The van der Waals surface area contributed by atoms with Gasteiger partial charge in [-0.15, -0.1) is 5.10 Å². The van der Waals surface area contributed by atoms with Gasteiger partial charge in [0.15, 0.2) is 5.82 Å². The lowest BCUT2D eigenvalue weighted by Gasteiger charge is -2.36. The number of hydrogen-bond acceptors (Lipinski definition) is 7. The van der Waals surface area contributed by atoms with E-state index in [9.17, 15) is 14.0 Å². The molecule has 0 radical (unpaired) electrons. The van der Waals surface area contributed by atoms with Crippen molar-refractivity contribution in [2.24, 2.45) is 5.92 Å². The molecule has 0 unspecified atom stereocenters. The molecule has 38 heavy (non-hydrogen) atoms. The van der Waals surface area contributed by atoms with Gasteiger partial charge in [0.05, 0.1) is 24.6 Å². The van der Waals surface area contributed by atoms with Gasteiger partial charge in [-0.2, -0.15) is 0 Å². The zero-order valence-electron chi connectivity index (χ0n) is 21.8. The number of fused-ring (bicyclic) bond motifs is 1. The van der Waals surface area contributed by atoms with Crippen LogP contribution in [0.4, 0.5) is 4.39 Å². The Morgan fingerprint density at radius 2 is 1.84 bits per heavy atom. The lowest BCUT2D eigenvalue weighted by atomic mass is 9.93. The first-order valence-electron chi connectivity index (χ1n) is 12.9. The Bertz CT molecular complexity index is 1510. The lowest BCUT2D eigenvalue weighted by molar-refractivity contribution is -0.149. The summed E-state index contributed by atoms with van der Waals surface area (Å²) in [7, 11) is 0. The van der Waals surface area contributed by atoms with Crippen LogP contribution in [0.2, 0.25) is 0 Å². The predicted octanol–water partition coefficient (Wildman–Crippen LogP) is 3.68. The lowest BCUT2D eigenvalue weighted by Crippen LogP contribution is -2.42. The molecule has 0 bridgehead atoms. The molecule has 0 spiro atoms. The number of nitrogens with one attached hydrogen (secondary N) is 1. The van der Waals surface area contributed by atoms with Crippen LogP contribution in [0.5, 0.6) is 0 Å². The molecule has 10 heteroatoms. The first-order valence-corrected chi connectivity index (χ1v) is 12.9. The number of tetrazole rings is 1. The molecule has 198 valence electrons. The van der Waals surface area contributed by atoms with Gasteiger partial charge in [0.2, 0.25) is 0 Å². The van der Waals surface area contributed by atoms with Gasteiger partial charge in [-0.05, 0) is 78.9 Å². The first-order chi connectivity index (χ1) is 18.4. The quantitative estimate of drug-likeness (QED) is 0.372. The summed E-state index contributed by atoms with van der Waals surface area (Å²) in [5.74, 6) is -0.165. The Labute approximate surface area is 219 Å². The number of rotatable bonds is 7. The van der Waals surface area contributed by atoms with Crippen LogP contribution >= 0.6 is 0 Å². The fourth-order valence-corrected chi connectivity index (χ4v) is 5.23. The number of likely N-dealkylation sites (tertiary alicyclic amines) is 1. The Morgan fingerprint density at radius 3 is 2.55 bits per heavy atom. The van der Waals surface area contributed by atoms with E-state index in [1.54, 1.807) is 23.7 Å². The van der Waals surface area contributed by atoms with E-state index < -0.39 is 6.04 Å². The molecule has 2 aromatic carbocycles. The molecule has 1 atom stereocenters. The van der Waals surface area contributed by atoms with Crippen molar-refractivity contribution in [3.05, 3.63) is 86.7 Å². The minimum Gasteiger partial charge on any atom is -0.466 e. The summed E-state index contributed by atoms with van der Waals surface area (Å²) in [5, 5.41) is 13.5. The van der Waals surface area contributed by atoms with Crippen LogP contribution in [0.15, 0.2) is 47.3 Å². The number of benzene rings is 2. The Hall–Kier alpha value is -3.92. The Morgan fingerprint density at radius 1 is 1.13 bits per heavy atom. The molecule has 4 aromatic rings. The molecule has 2 aromatic heterocycles. The van der Waals surface area contributed by atoms with Crippen LogP contribution in [0.25, 0.3) is 10.9 Å². The first kappa shape index (κ1) is 25.7. The molecular formula is C28H31FN6O3. The van der Waals surface area contributed by atoms with Crippen LogP contribution in [-0.2, 0) is 16.1 Å². The van der Waals surface area contributed by atoms with E-state index >= 15 is 0 Å². The molecule has 0 saturated carbocycles. The zero-order chi connectivity index (χ0) is 26.8. The molecule has 0 aliphatic carbocycles. The maximum absolute atomic E-state index is 13.6. The Balaban J connectivity index is 1.57. The normalized spacial score (nSPS) is 15.6. The van der Waals surface area contributed by atoms with Gasteiger partial charge in [0, 0.05) is 24.0 Å². The number of aromatic amines is 1. The van der Waals surface area contributed by atoms with Crippen LogP contribution in [0, 0.1) is 25.6 Å². The highest BCUT2D eigenvalue weighted by molar-refractivity contribution is 5.85. The number of aryl methyl sites for hydroxylation is 2. The third kappa shape index (κ3) is 5.08. The van der Waals surface area contributed by atoms with Gasteiger partial charge in [-0.3, -0.25) is 14.5 Å². The number of pyridine rings is 1. The number of halogens is 1. The summed E-state index contributed by atoms with van der Waals surface area (Å²) < 4.78 is 20.4. The topological polar surface area (TPSA) is 106 Å². The minimum absolute atomic E-state index is 0.179. The fourth-order valence-electron chi connectivity index (χ4n) is 5.23. The van der Waals surface area contributed by atoms with Crippen LogP contribution < -0.4 is 5.56 Å². The number of carbonyl (C=O) groups is 1. The van der Waals surface area contributed by atoms with E-state index in [0.29, 0.717) is 50.5 Å². The van der Waals surface area contributed by atoms with E-state index in [1.807, 2.05) is 32.0 Å². The van der Waals surface area contributed by atoms with Crippen molar-refractivity contribution >= 4 is 16.9 Å². The highest BCUT2D eigenvalue weighted by Crippen LogP contribution is 2.32. The molecule has 1 saturated heterocycles. The molecule has 1 aliphatic rings. The molecular weight excluding hydrogens is 487 g/mol. The highest BCUT2D eigenvalue weighted by Gasteiger charge is 2.35. The van der Waals surface area contributed by atoms with Crippen molar-refractivity contribution in [1.82, 2.24) is 30.1 Å². The number of esters is 1. The third-order valence-electron chi connectivity index (χ3n) is 7.33. The summed E-state index contributed by atoms with van der Waals surface area (Å²) in [4.78, 5) is 31.2. The number of piperidine rings is 1. The molecule has 1 aliphatic heterocycles. The highest BCUT2D eigenvalue weighted by atomic mass is 19.1. The van der Waals surface area contributed by atoms with Crippen LogP contribution in [-0.4, -0.2) is 55.8 Å². The molecule has 3 heterocycles. The van der Waals surface area contributed by atoms with Crippen molar-refractivity contribution in [2.75, 3.05) is 19.7 Å². The van der Waals surface area contributed by atoms with Gasteiger partial charge < -0.3 is 9.72 Å². The monoisotopic (exact) mass is 518 g/mol. The largest absolute Gasteiger partial charge is 0.466 e. The number of carbonyl (C=O) groups excluding carboxylic acids is 1. The van der Waals surface area contributed by atoms with Crippen LogP contribution in [0.1, 0.15) is 53.9 Å². The second-order valence-electron chi connectivity index (χ2n) is 9.83. The zero-order valence-corrected chi connectivity index (χ0v) is 21.8. The van der Waals surface area contributed by atoms with E-state index in [-0.39, 0.29) is 23.3 Å². The van der Waals surface area contributed by atoms with E-state index in [0.717, 1.165) is 27.6 Å². The van der Waals surface area contributed by atoms with Crippen molar-refractivity contribution in [3.63, 3.8) is 0 Å². The number of H-pyrrole nitrogens is 1. The maximum Gasteiger partial charge on any atom is 0.309 e. The van der Waals surface area contributed by atoms with Gasteiger partial charge in [0.1, 0.15) is 11.9 Å². The minimum atomic E-state index is -0.540. The number of hydrogen-bond donors (Lipinski definition) is 1. The third-order valence-corrected chi connectivity index (χ3v) is 7.33. The summed E-state index contributed by atoms with van der Waals surface area (Å²) in [6.45, 7) is 7.61. The van der Waals surface area contributed by atoms with E-state index in [2.05, 4.69) is 25.4 Å². The summed E-state index contributed by atoms with van der Waals surface area (Å²) in [5.41, 5.74) is 4.01. The number of nitrogens with zero attached hydrogens (tertiary/aromatic N) is 5. The van der Waals surface area contributed by atoms with Gasteiger partial charge >= 0.3 is 5.97 Å². The number of aromatic nitrogens is 5. The van der Waals surface area contributed by atoms with E-state index in [1.165, 1.54) is 12.1 Å². The second-order valence-corrected chi connectivity index (χ2v) is 9.83. The van der Waals surface area contributed by atoms with Crippen molar-refractivity contribution in [2.45, 2.75) is 46.2 Å². The molecule has 9 nitrogen and oxygen atoms in total. The second kappa shape index (κ2) is 10.8. The molecule has 5 rings (SSSR count). The smallest absolute Gasteiger partial charge is 0.309 e. The van der Waals surface area contributed by atoms with Gasteiger partial charge in [-0.1, -0.05) is 24.3 Å². The molecule has 0 amide bonds. The van der Waals surface area contributed by atoms with Crippen LogP contribution in [0.3, 0.4) is 0 Å². The predicted molar refractivity (Wildman–Crippen MR) is 140 cm³/mol. The summed E-state index contributed by atoms with van der Waals surface area (Å²) >= 11 is 0. The standard InChI is InChI=1S/C28H31FN6O3/c1-4-38-28(37)20-11-13-34(14-12-20)25(23-15-22-17(2)5-6-18(3)24(22)30-27(23)36)26-31-32-33-35(26)16-19-7-9-21(29)10-8-19/h5-10,15,20,25H,4,11-14,16H2,1-3H3,(H,30,36)/t25-/m0/s1. The maximum atomic E-state index is 13.6. The average Bonchev–Trinajstić information content (AvgIpc) is 3.36. The molecule has 1 fully saturated rings. The Kier molecular flexibility index (Phi) is 7.33.